The van der Waals surface area contributed by atoms with Crippen LogP contribution in [0.1, 0.15) is 50.3 Å². The van der Waals surface area contributed by atoms with E-state index in [4.69, 9.17) is 9.47 Å². The highest BCUT2D eigenvalue weighted by molar-refractivity contribution is 5.73. The van der Waals surface area contributed by atoms with Crippen LogP contribution >= 0.6 is 0 Å². The Morgan fingerprint density at radius 3 is 2.53 bits per heavy atom. The Labute approximate surface area is 179 Å². The molecule has 2 aromatic carbocycles. The summed E-state index contributed by atoms with van der Waals surface area (Å²) in [5.74, 6) is 2.60. The second-order valence-corrected chi connectivity index (χ2v) is 8.67. The SMILES string of the molecule is CC(=O)N[C@@H](C)c1ccc(O[C@@H]2CCN(c3ccc(OCC4CC4)cc3C)C2)cc1. The van der Waals surface area contributed by atoms with Gasteiger partial charge in [0.25, 0.3) is 0 Å². The molecule has 1 saturated heterocycles. The van der Waals surface area contributed by atoms with Crippen LogP contribution in [-0.4, -0.2) is 31.7 Å². The van der Waals surface area contributed by atoms with Gasteiger partial charge >= 0.3 is 0 Å². The Hall–Kier alpha value is -2.69. The van der Waals surface area contributed by atoms with Crippen molar-refractivity contribution < 1.29 is 14.3 Å². The Morgan fingerprint density at radius 1 is 1.13 bits per heavy atom. The molecule has 0 aromatic heterocycles. The zero-order chi connectivity index (χ0) is 21.1. The molecule has 160 valence electrons. The number of ether oxygens (including phenoxy) is 2. The molecule has 1 heterocycles. The van der Waals surface area contributed by atoms with Crippen molar-refractivity contribution in [3.63, 3.8) is 0 Å². The average Bonchev–Trinajstić information content (AvgIpc) is 3.44. The van der Waals surface area contributed by atoms with Crippen molar-refractivity contribution in [1.29, 1.82) is 0 Å². The van der Waals surface area contributed by atoms with E-state index in [1.54, 1.807) is 0 Å². The summed E-state index contributed by atoms with van der Waals surface area (Å²) in [6, 6.07) is 14.5. The first-order valence-electron chi connectivity index (χ1n) is 11.0. The van der Waals surface area contributed by atoms with Crippen LogP contribution in [-0.2, 0) is 4.79 Å². The van der Waals surface area contributed by atoms with Crippen LogP contribution in [0.2, 0.25) is 0 Å². The molecule has 5 heteroatoms. The molecule has 4 rings (SSSR count). The predicted molar refractivity (Wildman–Crippen MR) is 119 cm³/mol. The third kappa shape index (κ3) is 5.26. The number of hydrogen-bond acceptors (Lipinski definition) is 4. The molecule has 2 fully saturated rings. The lowest BCUT2D eigenvalue weighted by Gasteiger charge is -2.22. The summed E-state index contributed by atoms with van der Waals surface area (Å²) in [6.45, 7) is 8.40. The van der Waals surface area contributed by atoms with E-state index in [-0.39, 0.29) is 18.1 Å². The fourth-order valence-electron chi connectivity index (χ4n) is 4.03. The summed E-state index contributed by atoms with van der Waals surface area (Å²) in [7, 11) is 0. The molecule has 5 nitrogen and oxygen atoms in total. The minimum absolute atomic E-state index is 0.00211. The van der Waals surface area contributed by atoms with Crippen molar-refractivity contribution in [2.45, 2.75) is 52.2 Å². The molecule has 1 aliphatic heterocycles. The molecule has 0 spiro atoms. The summed E-state index contributed by atoms with van der Waals surface area (Å²) in [5.41, 5.74) is 3.59. The number of nitrogens with zero attached hydrogens (tertiary/aromatic N) is 1. The quantitative estimate of drug-likeness (QED) is 0.691. The number of carbonyl (C=O) groups is 1. The third-order valence-electron chi connectivity index (χ3n) is 5.94. The standard InChI is InChI=1S/C25H32N2O3/c1-17-14-23(29-16-20-4-5-20)10-11-25(17)27-13-12-24(15-27)30-22-8-6-21(7-9-22)18(2)26-19(3)28/h6-11,14,18,20,24H,4-5,12-13,15-16H2,1-3H3,(H,26,28)/t18-,24+/m0/s1. The van der Waals surface area contributed by atoms with Crippen LogP contribution in [0.25, 0.3) is 0 Å². The zero-order valence-corrected chi connectivity index (χ0v) is 18.2. The number of amides is 1. The van der Waals surface area contributed by atoms with Crippen LogP contribution < -0.4 is 19.7 Å². The van der Waals surface area contributed by atoms with E-state index in [0.29, 0.717) is 0 Å². The molecule has 0 bridgehead atoms. The van der Waals surface area contributed by atoms with E-state index in [1.807, 2.05) is 31.2 Å². The monoisotopic (exact) mass is 408 g/mol. The van der Waals surface area contributed by atoms with E-state index < -0.39 is 0 Å². The van der Waals surface area contributed by atoms with E-state index in [1.165, 1.54) is 31.0 Å². The maximum Gasteiger partial charge on any atom is 0.217 e. The van der Waals surface area contributed by atoms with Gasteiger partial charge in [0.05, 0.1) is 19.2 Å². The van der Waals surface area contributed by atoms with Crippen molar-refractivity contribution in [3.05, 3.63) is 53.6 Å². The van der Waals surface area contributed by atoms with Gasteiger partial charge in [-0.05, 0) is 74.1 Å². The molecule has 30 heavy (non-hydrogen) atoms. The number of carbonyl (C=O) groups excluding carboxylic acids is 1. The maximum absolute atomic E-state index is 11.2. The molecule has 1 saturated carbocycles. The number of anilines is 1. The van der Waals surface area contributed by atoms with E-state index in [0.717, 1.165) is 49.1 Å². The summed E-state index contributed by atoms with van der Waals surface area (Å²) in [4.78, 5) is 13.6. The van der Waals surface area contributed by atoms with Crippen molar-refractivity contribution >= 4 is 11.6 Å². The van der Waals surface area contributed by atoms with Crippen LogP contribution in [0.3, 0.4) is 0 Å². The van der Waals surface area contributed by atoms with Gasteiger partial charge in [-0.25, -0.2) is 0 Å². The number of benzene rings is 2. The van der Waals surface area contributed by atoms with Crippen LogP contribution in [0.5, 0.6) is 11.5 Å². The highest BCUT2D eigenvalue weighted by Gasteiger charge is 2.26. The first kappa shape index (κ1) is 20.6. The number of aryl methyl sites for hydroxylation is 1. The molecule has 2 aromatic rings. The summed E-state index contributed by atoms with van der Waals surface area (Å²) >= 11 is 0. The first-order valence-corrected chi connectivity index (χ1v) is 11.0. The predicted octanol–water partition coefficient (Wildman–Crippen LogP) is 4.64. The molecule has 2 atom stereocenters. The molecule has 0 unspecified atom stereocenters. The highest BCUT2D eigenvalue weighted by atomic mass is 16.5. The zero-order valence-electron chi connectivity index (χ0n) is 18.2. The minimum atomic E-state index is -0.0216. The number of hydrogen-bond donors (Lipinski definition) is 1. The third-order valence-corrected chi connectivity index (χ3v) is 5.94. The van der Waals surface area contributed by atoms with Crippen molar-refractivity contribution in [3.8, 4) is 11.5 Å². The average molecular weight is 409 g/mol. The molecule has 2 aliphatic rings. The largest absolute Gasteiger partial charge is 0.493 e. The van der Waals surface area contributed by atoms with E-state index in [2.05, 4.69) is 35.3 Å². The lowest BCUT2D eigenvalue weighted by Crippen LogP contribution is -2.25. The molecular formula is C25H32N2O3. The first-order chi connectivity index (χ1) is 14.5. The van der Waals surface area contributed by atoms with Crippen LogP contribution in [0.15, 0.2) is 42.5 Å². The molecule has 0 radical (unpaired) electrons. The van der Waals surface area contributed by atoms with Crippen LogP contribution in [0, 0.1) is 12.8 Å². The van der Waals surface area contributed by atoms with Gasteiger partial charge in [-0.2, -0.15) is 0 Å². The topological polar surface area (TPSA) is 50.8 Å². The van der Waals surface area contributed by atoms with Gasteiger partial charge < -0.3 is 19.7 Å². The van der Waals surface area contributed by atoms with Gasteiger partial charge in [0, 0.05) is 25.6 Å². The maximum atomic E-state index is 11.2. The smallest absolute Gasteiger partial charge is 0.217 e. The summed E-state index contributed by atoms with van der Waals surface area (Å²) in [6.07, 6.45) is 3.80. The van der Waals surface area contributed by atoms with Gasteiger partial charge in [-0.1, -0.05) is 12.1 Å². The number of rotatable bonds is 8. The molecule has 1 aliphatic carbocycles. The van der Waals surface area contributed by atoms with E-state index in [9.17, 15) is 4.79 Å². The normalized spacial score (nSPS) is 19.4. The number of nitrogens with one attached hydrogen (secondary N) is 1. The summed E-state index contributed by atoms with van der Waals surface area (Å²) < 4.78 is 12.1. The van der Waals surface area contributed by atoms with Crippen molar-refractivity contribution in [2.24, 2.45) is 5.92 Å². The fraction of sp³-hybridized carbons (Fsp3) is 0.480. The van der Waals surface area contributed by atoms with Gasteiger partial charge in [-0.3, -0.25) is 4.79 Å². The lowest BCUT2D eigenvalue weighted by molar-refractivity contribution is -0.119. The second kappa shape index (κ2) is 8.99. The van der Waals surface area contributed by atoms with Gasteiger partial charge in [-0.15, -0.1) is 0 Å². The molecule has 1 amide bonds. The van der Waals surface area contributed by atoms with Gasteiger partial charge in [0.15, 0.2) is 0 Å². The van der Waals surface area contributed by atoms with Gasteiger partial charge in [0.2, 0.25) is 5.91 Å². The molecule has 1 N–H and O–H groups in total. The van der Waals surface area contributed by atoms with Crippen molar-refractivity contribution in [1.82, 2.24) is 5.32 Å². The lowest BCUT2D eigenvalue weighted by atomic mass is 10.1. The Balaban J connectivity index is 1.31. The fourth-order valence-corrected chi connectivity index (χ4v) is 4.03. The second-order valence-electron chi connectivity index (χ2n) is 8.67. The Morgan fingerprint density at radius 2 is 1.87 bits per heavy atom. The minimum Gasteiger partial charge on any atom is -0.493 e. The van der Waals surface area contributed by atoms with Gasteiger partial charge in [0.1, 0.15) is 17.6 Å². The Kier molecular flexibility index (Phi) is 6.16. The Bertz CT molecular complexity index is 876. The molecular weight excluding hydrogens is 376 g/mol. The van der Waals surface area contributed by atoms with Crippen LogP contribution in [0.4, 0.5) is 5.69 Å². The highest BCUT2D eigenvalue weighted by Crippen LogP contribution is 2.32. The van der Waals surface area contributed by atoms with Crippen molar-refractivity contribution in [2.75, 3.05) is 24.6 Å². The van der Waals surface area contributed by atoms with E-state index >= 15 is 0 Å². The summed E-state index contributed by atoms with van der Waals surface area (Å²) in [5, 5.41) is 2.91.